The number of carboxylic acid groups (broad SMARTS) is 1. The number of pyridine rings is 1. The number of halogens is 1. The van der Waals surface area contributed by atoms with Crippen molar-refractivity contribution in [3.63, 3.8) is 0 Å². The Kier molecular flexibility index (Phi) is 4.09. The Labute approximate surface area is 139 Å². The molecule has 118 valence electrons. The molecule has 0 amide bonds. The number of hydrogen-bond acceptors (Lipinski definition) is 2. The number of fused-ring (bicyclic) bond motifs is 1. The highest BCUT2D eigenvalue weighted by Crippen LogP contribution is 2.29. The lowest BCUT2D eigenvalue weighted by Crippen LogP contribution is -2.01. The lowest BCUT2D eigenvalue weighted by atomic mass is 10.1. The Hall–Kier alpha value is -2.33. The van der Waals surface area contributed by atoms with Crippen LogP contribution in [0.2, 0.25) is 5.02 Å². The molecule has 0 aliphatic carbocycles. The molecular weight excluding hydrogens is 312 g/mol. The average Bonchev–Trinajstić information content (AvgIpc) is 2.88. The molecule has 3 aromatic rings. The van der Waals surface area contributed by atoms with Crippen LogP contribution >= 0.6 is 11.6 Å². The molecule has 0 bridgehead atoms. The quantitative estimate of drug-likeness (QED) is 0.777. The zero-order valence-electron chi connectivity index (χ0n) is 13.0. The number of benzene rings is 1. The molecule has 0 fully saturated rings. The minimum absolute atomic E-state index is 0.0707. The van der Waals surface area contributed by atoms with Gasteiger partial charge in [-0.25, -0.2) is 4.98 Å². The molecule has 0 radical (unpaired) electrons. The van der Waals surface area contributed by atoms with Crippen molar-refractivity contribution >= 4 is 23.2 Å². The van der Waals surface area contributed by atoms with Crippen molar-refractivity contribution in [2.75, 3.05) is 0 Å². The van der Waals surface area contributed by atoms with E-state index in [2.05, 4.69) is 0 Å². The molecule has 5 heteroatoms. The van der Waals surface area contributed by atoms with E-state index >= 15 is 0 Å². The summed E-state index contributed by atoms with van der Waals surface area (Å²) >= 11 is 6.11. The van der Waals surface area contributed by atoms with Gasteiger partial charge in [-0.2, -0.15) is 0 Å². The van der Waals surface area contributed by atoms with Gasteiger partial charge in [-0.05, 0) is 43.2 Å². The maximum Gasteiger partial charge on any atom is 0.303 e. The number of nitrogens with zero attached hydrogens (tertiary/aromatic N) is 2. The first-order chi connectivity index (χ1) is 11.0. The molecule has 0 spiro atoms. The van der Waals surface area contributed by atoms with Crippen molar-refractivity contribution in [3.8, 4) is 11.3 Å². The lowest BCUT2D eigenvalue weighted by molar-refractivity contribution is -0.136. The van der Waals surface area contributed by atoms with Gasteiger partial charge in [0.1, 0.15) is 5.65 Å². The monoisotopic (exact) mass is 328 g/mol. The summed E-state index contributed by atoms with van der Waals surface area (Å²) in [4.78, 5) is 15.8. The standard InChI is InChI=1S/C18H17ClN2O2/c1-11-4-3-9-21-15(7-8-16(22)23)17(20-18(11)21)13-5-6-14(19)12(2)10-13/h3-6,9-10H,7-8H2,1-2H3,(H,22,23). The van der Waals surface area contributed by atoms with E-state index in [1.54, 1.807) is 0 Å². The summed E-state index contributed by atoms with van der Waals surface area (Å²) < 4.78 is 1.98. The number of aliphatic carboxylic acids is 1. The van der Waals surface area contributed by atoms with Crippen LogP contribution in [0.4, 0.5) is 0 Å². The Balaban J connectivity index is 2.21. The van der Waals surface area contributed by atoms with Crippen LogP contribution < -0.4 is 0 Å². The van der Waals surface area contributed by atoms with Crippen molar-refractivity contribution in [3.05, 3.63) is 58.4 Å². The van der Waals surface area contributed by atoms with Gasteiger partial charge >= 0.3 is 5.97 Å². The van der Waals surface area contributed by atoms with Crippen LogP contribution in [-0.2, 0) is 11.2 Å². The molecule has 0 saturated heterocycles. The molecule has 1 aromatic carbocycles. The van der Waals surface area contributed by atoms with E-state index in [0.29, 0.717) is 11.4 Å². The van der Waals surface area contributed by atoms with E-state index in [0.717, 1.165) is 33.7 Å². The number of aromatic nitrogens is 2. The van der Waals surface area contributed by atoms with Gasteiger partial charge in [0.25, 0.3) is 0 Å². The van der Waals surface area contributed by atoms with Crippen molar-refractivity contribution in [1.29, 1.82) is 0 Å². The molecule has 2 heterocycles. The third-order valence-corrected chi connectivity index (χ3v) is 4.38. The van der Waals surface area contributed by atoms with Gasteiger partial charge in [0.2, 0.25) is 0 Å². The molecule has 1 N–H and O–H groups in total. The summed E-state index contributed by atoms with van der Waals surface area (Å²) in [5.41, 5.74) is 5.57. The maximum absolute atomic E-state index is 11.0. The predicted molar refractivity (Wildman–Crippen MR) is 91.1 cm³/mol. The molecule has 0 aliphatic rings. The molecule has 0 aliphatic heterocycles. The third kappa shape index (κ3) is 2.94. The molecular formula is C18H17ClN2O2. The fourth-order valence-corrected chi connectivity index (χ4v) is 2.86. The first kappa shape index (κ1) is 15.6. The smallest absolute Gasteiger partial charge is 0.303 e. The van der Waals surface area contributed by atoms with Gasteiger partial charge in [-0.1, -0.05) is 23.7 Å². The molecule has 0 atom stereocenters. The van der Waals surface area contributed by atoms with Crippen LogP contribution in [-0.4, -0.2) is 20.5 Å². The summed E-state index contributed by atoms with van der Waals surface area (Å²) in [6.07, 6.45) is 2.43. The molecule has 3 rings (SSSR count). The topological polar surface area (TPSA) is 54.6 Å². The van der Waals surface area contributed by atoms with Crippen molar-refractivity contribution in [2.24, 2.45) is 0 Å². The Morgan fingerprint density at radius 3 is 2.74 bits per heavy atom. The van der Waals surface area contributed by atoms with Crippen LogP contribution in [0.3, 0.4) is 0 Å². The first-order valence-corrected chi connectivity index (χ1v) is 7.80. The second-order valence-electron chi connectivity index (χ2n) is 5.65. The van der Waals surface area contributed by atoms with Gasteiger partial charge < -0.3 is 9.51 Å². The summed E-state index contributed by atoms with van der Waals surface area (Å²) in [5.74, 6) is -0.814. The fraction of sp³-hybridized carbons (Fsp3) is 0.222. The van der Waals surface area contributed by atoms with E-state index in [9.17, 15) is 4.79 Å². The number of imidazole rings is 1. The number of hydrogen-bond donors (Lipinski definition) is 1. The largest absolute Gasteiger partial charge is 0.481 e. The zero-order valence-corrected chi connectivity index (χ0v) is 13.8. The second kappa shape index (κ2) is 6.05. The van der Waals surface area contributed by atoms with Crippen molar-refractivity contribution < 1.29 is 9.90 Å². The Morgan fingerprint density at radius 2 is 2.04 bits per heavy atom. The van der Waals surface area contributed by atoms with E-state index < -0.39 is 5.97 Å². The van der Waals surface area contributed by atoms with Crippen LogP contribution in [0, 0.1) is 13.8 Å². The Morgan fingerprint density at radius 1 is 1.26 bits per heavy atom. The number of aryl methyl sites for hydroxylation is 3. The van der Waals surface area contributed by atoms with E-state index in [-0.39, 0.29) is 6.42 Å². The zero-order chi connectivity index (χ0) is 16.6. The van der Waals surface area contributed by atoms with Crippen LogP contribution in [0.15, 0.2) is 36.5 Å². The summed E-state index contributed by atoms with van der Waals surface area (Å²) in [6, 6.07) is 9.72. The third-order valence-electron chi connectivity index (χ3n) is 3.95. The Bertz CT molecular complexity index is 899. The van der Waals surface area contributed by atoms with Crippen LogP contribution in [0.5, 0.6) is 0 Å². The highest BCUT2D eigenvalue weighted by Gasteiger charge is 2.16. The lowest BCUT2D eigenvalue weighted by Gasteiger charge is -2.06. The second-order valence-corrected chi connectivity index (χ2v) is 6.06. The summed E-state index contributed by atoms with van der Waals surface area (Å²) in [7, 11) is 0. The van der Waals surface area contributed by atoms with Crippen LogP contribution in [0.25, 0.3) is 16.9 Å². The minimum atomic E-state index is -0.814. The van der Waals surface area contributed by atoms with E-state index in [1.807, 2.05) is 54.8 Å². The van der Waals surface area contributed by atoms with E-state index in [1.165, 1.54) is 0 Å². The van der Waals surface area contributed by atoms with Gasteiger partial charge in [-0.3, -0.25) is 4.79 Å². The molecule has 23 heavy (non-hydrogen) atoms. The highest BCUT2D eigenvalue weighted by molar-refractivity contribution is 6.31. The van der Waals surface area contributed by atoms with E-state index in [4.69, 9.17) is 21.7 Å². The number of carbonyl (C=O) groups is 1. The van der Waals surface area contributed by atoms with Gasteiger partial charge in [0.15, 0.2) is 0 Å². The van der Waals surface area contributed by atoms with Crippen molar-refractivity contribution in [1.82, 2.24) is 9.38 Å². The SMILES string of the molecule is Cc1cc(-c2nc3c(C)cccn3c2CCC(=O)O)ccc1Cl. The highest BCUT2D eigenvalue weighted by atomic mass is 35.5. The van der Waals surface area contributed by atoms with Crippen LogP contribution in [0.1, 0.15) is 23.2 Å². The van der Waals surface area contributed by atoms with Crippen molar-refractivity contribution in [2.45, 2.75) is 26.7 Å². The molecule has 2 aromatic heterocycles. The molecule has 0 saturated carbocycles. The van der Waals surface area contributed by atoms with Gasteiger partial charge in [-0.15, -0.1) is 0 Å². The summed E-state index contributed by atoms with van der Waals surface area (Å²) in [6.45, 7) is 3.95. The minimum Gasteiger partial charge on any atom is -0.481 e. The fourth-order valence-electron chi connectivity index (χ4n) is 2.74. The summed E-state index contributed by atoms with van der Waals surface area (Å²) in [5, 5.41) is 9.74. The first-order valence-electron chi connectivity index (χ1n) is 7.42. The number of rotatable bonds is 4. The van der Waals surface area contributed by atoms with Gasteiger partial charge in [0.05, 0.1) is 17.8 Å². The normalized spacial score (nSPS) is 11.1. The molecule has 4 nitrogen and oxygen atoms in total. The predicted octanol–water partition coefficient (Wildman–Crippen LogP) is 4.29. The van der Waals surface area contributed by atoms with Gasteiger partial charge in [0, 0.05) is 23.2 Å². The molecule has 0 unspecified atom stereocenters. The average molecular weight is 329 g/mol. The maximum atomic E-state index is 11.0. The number of carboxylic acids is 1.